The van der Waals surface area contributed by atoms with Gasteiger partial charge in [-0.2, -0.15) is 5.10 Å². The molecule has 1 unspecified atom stereocenters. The van der Waals surface area contributed by atoms with E-state index in [9.17, 15) is 9.59 Å². The third kappa shape index (κ3) is 1.60. The molecule has 0 bridgehead atoms. The van der Waals surface area contributed by atoms with Crippen LogP contribution in [0.4, 0.5) is 4.79 Å². The molecule has 0 aromatic carbocycles. The average molecular weight is 283 g/mol. The molecule has 1 aliphatic carbocycles. The highest BCUT2D eigenvalue weighted by Crippen LogP contribution is 2.38. The summed E-state index contributed by atoms with van der Waals surface area (Å²) in [7, 11) is 1.86. The predicted octanol–water partition coefficient (Wildman–Crippen LogP) is 0.463. The first-order valence-corrected chi connectivity index (χ1v) is 6.70. The number of carbonyl (C=O) groups excluding carboxylic acids is 2. The van der Waals surface area contributed by atoms with Crippen molar-refractivity contribution in [2.45, 2.75) is 18.4 Å². The van der Waals surface area contributed by atoms with Crippen molar-refractivity contribution in [3.8, 4) is 11.1 Å². The van der Waals surface area contributed by atoms with Crippen LogP contribution in [0.3, 0.4) is 0 Å². The molecule has 1 fully saturated rings. The Morgan fingerprint density at radius 3 is 2.81 bits per heavy atom. The molecule has 2 aliphatic rings. The number of hydrogen-bond donors (Lipinski definition) is 2. The van der Waals surface area contributed by atoms with Gasteiger partial charge in [0.1, 0.15) is 0 Å². The number of amides is 3. The van der Waals surface area contributed by atoms with E-state index in [-0.39, 0.29) is 5.91 Å². The van der Waals surface area contributed by atoms with E-state index in [0.29, 0.717) is 18.5 Å². The van der Waals surface area contributed by atoms with Crippen LogP contribution in [0.5, 0.6) is 0 Å². The number of imide groups is 1. The Morgan fingerprint density at radius 2 is 2.14 bits per heavy atom. The van der Waals surface area contributed by atoms with Crippen LogP contribution in [-0.2, 0) is 23.8 Å². The summed E-state index contributed by atoms with van der Waals surface area (Å²) >= 11 is 0. The van der Waals surface area contributed by atoms with Crippen LogP contribution in [0.2, 0.25) is 0 Å². The lowest BCUT2D eigenvalue weighted by Gasteiger charge is -2.19. The van der Waals surface area contributed by atoms with Crippen molar-refractivity contribution >= 4 is 11.9 Å². The van der Waals surface area contributed by atoms with E-state index < -0.39 is 11.6 Å². The van der Waals surface area contributed by atoms with Gasteiger partial charge in [0.15, 0.2) is 5.54 Å². The number of urea groups is 1. The summed E-state index contributed by atoms with van der Waals surface area (Å²) in [6, 6.07) is 1.57. The molecule has 4 rings (SSSR count). The number of nitrogens with one attached hydrogen (secondary N) is 2. The van der Waals surface area contributed by atoms with Gasteiger partial charge >= 0.3 is 6.03 Å². The Hall–Kier alpha value is -2.70. The molecule has 0 radical (unpaired) electrons. The molecule has 3 amide bonds. The van der Waals surface area contributed by atoms with Crippen LogP contribution in [0.25, 0.3) is 11.1 Å². The summed E-state index contributed by atoms with van der Waals surface area (Å²) in [6.45, 7) is 0. The molecule has 2 aromatic rings. The quantitative estimate of drug-likeness (QED) is 0.744. The van der Waals surface area contributed by atoms with Gasteiger partial charge in [0, 0.05) is 30.6 Å². The second-order valence-electron chi connectivity index (χ2n) is 5.45. The number of hydrogen-bond acceptors (Lipinski definition) is 4. The monoisotopic (exact) mass is 283 g/mol. The first-order valence-electron chi connectivity index (χ1n) is 6.70. The second-order valence-corrected chi connectivity index (χ2v) is 5.45. The van der Waals surface area contributed by atoms with Gasteiger partial charge in [0.05, 0.1) is 11.9 Å². The fourth-order valence-corrected chi connectivity index (χ4v) is 3.09. The molecule has 1 atom stereocenters. The molecule has 21 heavy (non-hydrogen) atoms. The van der Waals surface area contributed by atoms with E-state index in [4.69, 9.17) is 0 Å². The van der Waals surface area contributed by atoms with Crippen molar-refractivity contribution < 1.29 is 9.59 Å². The van der Waals surface area contributed by atoms with Crippen LogP contribution in [0.15, 0.2) is 24.7 Å². The molecule has 2 N–H and O–H groups in total. The van der Waals surface area contributed by atoms with Crippen LogP contribution in [0.1, 0.15) is 17.7 Å². The minimum Gasteiger partial charge on any atom is -0.318 e. The third-order valence-electron chi connectivity index (χ3n) is 4.12. The van der Waals surface area contributed by atoms with Crippen LogP contribution in [-0.4, -0.2) is 26.7 Å². The van der Waals surface area contributed by atoms with Crippen LogP contribution >= 0.6 is 0 Å². The predicted molar refractivity (Wildman–Crippen MR) is 73.1 cm³/mol. The molecule has 7 heteroatoms. The minimum atomic E-state index is -0.986. The smallest absolute Gasteiger partial charge is 0.318 e. The van der Waals surface area contributed by atoms with Gasteiger partial charge in [-0.3, -0.25) is 19.8 Å². The third-order valence-corrected chi connectivity index (χ3v) is 4.12. The van der Waals surface area contributed by atoms with Crippen molar-refractivity contribution in [3.63, 3.8) is 0 Å². The van der Waals surface area contributed by atoms with Gasteiger partial charge < -0.3 is 5.32 Å². The molecule has 0 saturated carbocycles. The highest BCUT2D eigenvalue weighted by Gasteiger charge is 2.52. The van der Waals surface area contributed by atoms with Crippen molar-refractivity contribution in [2.24, 2.45) is 7.05 Å². The number of pyridine rings is 1. The zero-order valence-electron chi connectivity index (χ0n) is 11.4. The summed E-state index contributed by atoms with van der Waals surface area (Å²) < 4.78 is 1.73. The summed E-state index contributed by atoms with van der Waals surface area (Å²) in [5.74, 6) is -0.312. The van der Waals surface area contributed by atoms with Gasteiger partial charge in [-0.15, -0.1) is 0 Å². The highest BCUT2D eigenvalue weighted by molar-refractivity contribution is 6.07. The van der Waals surface area contributed by atoms with E-state index >= 15 is 0 Å². The van der Waals surface area contributed by atoms with Gasteiger partial charge in [-0.05, 0) is 24.5 Å². The van der Waals surface area contributed by atoms with E-state index in [1.54, 1.807) is 17.1 Å². The Bertz CT molecular complexity index is 781. The molecule has 2 aromatic heterocycles. The standard InChI is InChI=1S/C14H13N5O2/c1-19-7-10(6-16-19)9-4-8-2-3-14(11(8)15-5-9)12(20)17-13(21)18-14/h4-7H,2-3H2,1H3,(H2,17,18,20,21). The number of nitrogens with zero attached hydrogens (tertiary/aromatic N) is 3. The van der Waals surface area contributed by atoms with E-state index in [1.807, 2.05) is 19.3 Å². The fourth-order valence-electron chi connectivity index (χ4n) is 3.09. The van der Waals surface area contributed by atoms with Crippen molar-refractivity contribution in [3.05, 3.63) is 35.9 Å². The number of fused-ring (bicyclic) bond motifs is 2. The lowest BCUT2D eigenvalue weighted by atomic mass is 9.96. The lowest BCUT2D eigenvalue weighted by molar-refractivity contribution is -0.124. The topological polar surface area (TPSA) is 88.9 Å². The minimum absolute atomic E-state index is 0.312. The Morgan fingerprint density at radius 1 is 1.29 bits per heavy atom. The van der Waals surface area contributed by atoms with Crippen molar-refractivity contribution in [2.75, 3.05) is 0 Å². The lowest BCUT2D eigenvalue weighted by Crippen LogP contribution is -2.42. The van der Waals surface area contributed by atoms with Gasteiger partial charge in [-0.1, -0.05) is 0 Å². The van der Waals surface area contributed by atoms with Crippen LogP contribution in [0, 0.1) is 0 Å². The Labute approximate surface area is 120 Å². The largest absolute Gasteiger partial charge is 0.322 e. The zero-order valence-corrected chi connectivity index (χ0v) is 11.4. The summed E-state index contributed by atoms with van der Waals surface area (Å²) in [5, 5.41) is 9.17. The maximum Gasteiger partial charge on any atom is 0.322 e. The summed E-state index contributed by atoms with van der Waals surface area (Å²) in [4.78, 5) is 28.0. The summed E-state index contributed by atoms with van der Waals surface area (Å²) in [6.07, 6.45) is 6.67. The maximum absolute atomic E-state index is 12.1. The fraction of sp³-hybridized carbons (Fsp3) is 0.286. The molecule has 3 heterocycles. The van der Waals surface area contributed by atoms with E-state index in [0.717, 1.165) is 16.7 Å². The van der Waals surface area contributed by atoms with Crippen molar-refractivity contribution in [1.82, 2.24) is 25.4 Å². The van der Waals surface area contributed by atoms with Gasteiger partial charge in [0.2, 0.25) is 0 Å². The molecule has 1 saturated heterocycles. The molecular formula is C14H13N5O2. The molecular weight excluding hydrogens is 270 g/mol. The highest BCUT2D eigenvalue weighted by atomic mass is 16.2. The molecule has 1 spiro atoms. The maximum atomic E-state index is 12.1. The zero-order chi connectivity index (χ0) is 14.6. The first-order chi connectivity index (χ1) is 10.1. The van der Waals surface area contributed by atoms with Crippen LogP contribution < -0.4 is 10.6 Å². The second kappa shape index (κ2) is 3.91. The molecule has 1 aliphatic heterocycles. The molecule has 7 nitrogen and oxygen atoms in total. The van der Waals surface area contributed by atoms with Gasteiger partial charge in [0.25, 0.3) is 5.91 Å². The Balaban J connectivity index is 1.79. The van der Waals surface area contributed by atoms with Gasteiger partial charge in [-0.25, -0.2) is 4.79 Å². The Kier molecular flexibility index (Phi) is 2.25. The number of rotatable bonds is 1. The first kappa shape index (κ1) is 12.1. The van der Waals surface area contributed by atoms with Crippen molar-refractivity contribution in [1.29, 1.82) is 0 Å². The average Bonchev–Trinajstić information content (AvgIpc) is 3.11. The number of aromatic nitrogens is 3. The normalized spacial score (nSPS) is 23.3. The van der Waals surface area contributed by atoms with E-state index in [2.05, 4.69) is 20.7 Å². The number of aryl methyl sites for hydroxylation is 2. The summed E-state index contributed by atoms with van der Waals surface area (Å²) in [5.41, 5.74) is 2.60. The number of carbonyl (C=O) groups is 2. The van der Waals surface area contributed by atoms with E-state index in [1.165, 1.54) is 0 Å². The molecule has 106 valence electrons. The SMILES string of the molecule is Cn1cc(-c2cnc3c(c2)CCC32NC(=O)NC2=O)cn1.